The number of nitrogens with zero attached hydrogens (tertiary/aromatic N) is 2. The first-order valence-corrected chi connectivity index (χ1v) is 5.36. The Hall–Kier alpha value is -1.89. The topological polar surface area (TPSA) is 99.2 Å². The first-order valence-electron chi connectivity index (χ1n) is 5.36. The fourth-order valence-corrected chi connectivity index (χ4v) is 1.18. The van der Waals surface area contributed by atoms with Gasteiger partial charge in [0, 0.05) is 20.7 Å². The fourth-order valence-electron chi connectivity index (χ4n) is 1.18. The van der Waals surface area contributed by atoms with E-state index in [2.05, 4.69) is 16.5 Å². The molecular formula is C11H17N4O3. The molecule has 3 N–H and O–H groups in total. The summed E-state index contributed by atoms with van der Waals surface area (Å²) in [4.78, 5) is 22.8. The van der Waals surface area contributed by atoms with Crippen LogP contribution < -0.4 is 11.1 Å². The summed E-state index contributed by atoms with van der Waals surface area (Å²) in [5.41, 5.74) is 4.68. The van der Waals surface area contributed by atoms with E-state index in [1.807, 2.05) is 13.8 Å². The minimum atomic E-state index is -0.720. The molecule has 0 unspecified atom stereocenters. The van der Waals surface area contributed by atoms with Crippen molar-refractivity contribution in [3.05, 3.63) is 17.5 Å². The SMILES string of the molecule is COC(C)(C)CNC(=O)c1[c]c(C(N)=O)nn1C. The van der Waals surface area contributed by atoms with E-state index in [9.17, 15) is 9.59 Å². The predicted molar refractivity (Wildman–Crippen MR) is 64.0 cm³/mol. The molecule has 0 atom stereocenters. The third-order valence-electron chi connectivity index (χ3n) is 2.49. The van der Waals surface area contributed by atoms with E-state index >= 15 is 0 Å². The molecule has 0 aliphatic carbocycles. The largest absolute Gasteiger partial charge is 0.377 e. The lowest BCUT2D eigenvalue weighted by Crippen LogP contribution is -2.40. The Labute approximate surface area is 105 Å². The van der Waals surface area contributed by atoms with Crippen molar-refractivity contribution in [1.82, 2.24) is 15.1 Å². The van der Waals surface area contributed by atoms with Crippen molar-refractivity contribution in [3.63, 3.8) is 0 Å². The van der Waals surface area contributed by atoms with E-state index in [0.717, 1.165) is 0 Å². The van der Waals surface area contributed by atoms with E-state index in [1.165, 1.54) is 4.68 Å². The number of nitrogens with two attached hydrogens (primary N) is 1. The van der Waals surface area contributed by atoms with Gasteiger partial charge in [0.05, 0.1) is 11.7 Å². The highest BCUT2D eigenvalue weighted by Gasteiger charge is 2.21. The number of methoxy groups -OCH3 is 1. The number of aryl methyl sites for hydroxylation is 1. The van der Waals surface area contributed by atoms with Gasteiger partial charge >= 0.3 is 0 Å². The third kappa shape index (κ3) is 3.30. The quantitative estimate of drug-likeness (QED) is 0.737. The molecule has 0 aromatic carbocycles. The van der Waals surface area contributed by atoms with Crippen LogP contribution in [0.1, 0.15) is 34.8 Å². The standard InChI is InChI=1S/C11H17N4O3/c1-11(2,18-4)6-13-10(17)8-5-7(9(12)16)14-15(8)3/h6H2,1-4H3,(H2,12,16)(H,13,17). The highest BCUT2D eigenvalue weighted by atomic mass is 16.5. The second-order valence-corrected chi connectivity index (χ2v) is 4.46. The van der Waals surface area contributed by atoms with Gasteiger partial charge in [-0.1, -0.05) is 0 Å². The molecule has 0 aliphatic rings. The highest BCUT2D eigenvalue weighted by molar-refractivity contribution is 5.96. The second-order valence-electron chi connectivity index (χ2n) is 4.46. The molecule has 1 heterocycles. The maximum atomic E-state index is 11.9. The van der Waals surface area contributed by atoms with E-state index in [1.54, 1.807) is 14.2 Å². The van der Waals surface area contributed by atoms with E-state index < -0.39 is 11.5 Å². The number of aromatic nitrogens is 2. The first kappa shape index (κ1) is 14.2. The average Bonchev–Trinajstić information content (AvgIpc) is 2.69. The maximum absolute atomic E-state index is 11.9. The number of hydrogen-bond acceptors (Lipinski definition) is 4. The number of amides is 2. The van der Waals surface area contributed by atoms with Crippen LogP contribution in [0, 0.1) is 6.07 Å². The summed E-state index contributed by atoms with van der Waals surface area (Å²) < 4.78 is 6.44. The van der Waals surface area contributed by atoms with Crippen molar-refractivity contribution in [2.24, 2.45) is 12.8 Å². The van der Waals surface area contributed by atoms with Gasteiger partial charge in [0.15, 0.2) is 5.69 Å². The number of hydrogen-bond donors (Lipinski definition) is 2. The highest BCUT2D eigenvalue weighted by Crippen LogP contribution is 2.06. The lowest BCUT2D eigenvalue weighted by atomic mass is 10.1. The maximum Gasteiger partial charge on any atom is 0.270 e. The Bertz CT molecular complexity index is 465. The molecule has 2 amide bonds. The van der Waals surface area contributed by atoms with Crippen molar-refractivity contribution >= 4 is 11.8 Å². The van der Waals surface area contributed by atoms with Gasteiger partial charge in [-0.3, -0.25) is 14.3 Å². The molecule has 0 spiro atoms. The molecule has 1 radical (unpaired) electrons. The Morgan fingerprint density at radius 3 is 2.61 bits per heavy atom. The summed E-state index contributed by atoms with van der Waals surface area (Å²) in [6.45, 7) is 4.01. The molecule has 0 bridgehead atoms. The van der Waals surface area contributed by atoms with Crippen LogP contribution in [0.4, 0.5) is 0 Å². The summed E-state index contributed by atoms with van der Waals surface area (Å²) in [7, 11) is 3.10. The number of ether oxygens (including phenoxy) is 1. The Morgan fingerprint density at radius 2 is 2.17 bits per heavy atom. The molecular weight excluding hydrogens is 236 g/mol. The monoisotopic (exact) mass is 253 g/mol. The molecule has 7 nitrogen and oxygen atoms in total. The van der Waals surface area contributed by atoms with Crippen molar-refractivity contribution in [3.8, 4) is 0 Å². The molecule has 0 aliphatic heterocycles. The van der Waals surface area contributed by atoms with Gasteiger partial charge in [0.1, 0.15) is 5.69 Å². The Kier molecular flexibility index (Phi) is 4.07. The molecule has 99 valence electrons. The number of carbonyl (C=O) groups excluding carboxylic acids is 2. The minimum absolute atomic E-state index is 0.0614. The van der Waals surface area contributed by atoms with Gasteiger partial charge in [-0.05, 0) is 13.8 Å². The number of rotatable bonds is 5. The molecule has 0 saturated carbocycles. The van der Waals surface area contributed by atoms with Gasteiger partial charge < -0.3 is 15.8 Å². The number of primary amides is 1. The van der Waals surface area contributed by atoms with Crippen LogP contribution in [0.25, 0.3) is 0 Å². The molecule has 0 fully saturated rings. The molecule has 7 heteroatoms. The summed E-state index contributed by atoms with van der Waals surface area (Å²) in [5, 5.41) is 6.47. The first-order chi connectivity index (χ1) is 8.26. The van der Waals surface area contributed by atoms with Crippen LogP contribution in [-0.4, -0.2) is 40.9 Å². The van der Waals surface area contributed by atoms with Crippen molar-refractivity contribution in [2.75, 3.05) is 13.7 Å². The zero-order valence-electron chi connectivity index (χ0n) is 10.9. The summed E-state index contributed by atoms with van der Waals surface area (Å²) in [6.07, 6.45) is 0. The van der Waals surface area contributed by atoms with Gasteiger partial charge in [0.25, 0.3) is 11.8 Å². The van der Waals surface area contributed by atoms with Crippen LogP contribution in [0.2, 0.25) is 0 Å². The Morgan fingerprint density at radius 1 is 1.56 bits per heavy atom. The molecule has 18 heavy (non-hydrogen) atoms. The normalized spacial score (nSPS) is 11.3. The number of nitrogens with one attached hydrogen (secondary N) is 1. The molecule has 1 aromatic rings. The Balaban J connectivity index is 2.76. The predicted octanol–water partition coefficient (Wildman–Crippen LogP) is -0.526. The van der Waals surface area contributed by atoms with Crippen LogP contribution in [-0.2, 0) is 11.8 Å². The summed E-state index contributed by atoms with van der Waals surface area (Å²) >= 11 is 0. The zero-order chi connectivity index (χ0) is 13.9. The van der Waals surface area contributed by atoms with Crippen molar-refractivity contribution in [1.29, 1.82) is 0 Å². The van der Waals surface area contributed by atoms with Crippen LogP contribution in [0.3, 0.4) is 0 Å². The van der Waals surface area contributed by atoms with Crippen LogP contribution >= 0.6 is 0 Å². The second kappa shape index (κ2) is 5.18. The van der Waals surface area contributed by atoms with Crippen LogP contribution in [0.15, 0.2) is 0 Å². The van der Waals surface area contributed by atoms with Crippen LogP contribution in [0.5, 0.6) is 0 Å². The minimum Gasteiger partial charge on any atom is -0.377 e. The lowest BCUT2D eigenvalue weighted by molar-refractivity contribution is 0.0227. The van der Waals surface area contributed by atoms with E-state index in [-0.39, 0.29) is 17.3 Å². The zero-order valence-corrected chi connectivity index (χ0v) is 10.9. The van der Waals surface area contributed by atoms with Gasteiger partial charge in [-0.15, -0.1) is 0 Å². The fraction of sp³-hybridized carbons (Fsp3) is 0.545. The van der Waals surface area contributed by atoms with Crippen molar-refractivity contribution < 1.29 is 14.3 Å². The van der Waals surface area contributed by atoms with E-state index in [4.69, 9.17) is 10.5 Å². The van der Waals surface area contributed by atoms with Gasteiger partial charge in [0.2, 0.25) is 0 Å². The summed E-state index contributed by atoms with van der Waals surface area (Å²) in [5.74, 6) is -1.11. The van der Waals surface area contributed by atoms with Gasteiger partial charge in [-0.25, -0.2) is 0 Å². The van der Waals surface area contributed by atoms with Crippen molar-refractivity contribution in [2.45, 2.75) is 19.4 Å². The van der Waals surface area contributed by atoms with E-state index in [0.29, 0.717) is 6.54 Å². The summed E-state index contributed by atoms with van der Waals surface area (Å²) in [6, 6.07) is 2.56. The van der Waals surface area contributed by atoms with Gasteiger partial charge in [-0.2, -0.15) is 5.10 Å². The third-order valence-corrected chi connectivity index (χ3v) is 2.49. The molecule has 1 rings (SSSR count). The molecule has 0 saturated heterocycles. The number of carbonyl (C=O) groups is 2. The lowest BCUT2D eigenvalue weighted by Gasteiger charge is -2.22. The average molecular weight is 253 g/mol. The smallest absolute Gasteiger partial charge is 0.270 e. The molecule has 1 aromatic heterocycles.